The smallest absolute Gasteiger partial charge is 0.143 e. The van der Waals surface area contributed by atoms with Crippen LogP contribution in [0.25, 0.3) is 97.1 Å². The summed E-state index contributed by atoms with van der Waals surface area (Å²) in [5.74, 6) is 0. The summed E-state index contributed by atoms with van der Waals surface area (Å²) in [7, 11) is 0. The van der Waals surface area contributed by atoms with Gasteiger partial charge in [-0.05, 0) is 59.2 Å². The van der Waals surface area contributed by atoms with Crippen LogP contribution < -0.4 is 4.90 Å². The van der Waals surface area contributed by atoms with E-state index >= 15 is 0 Å². The first kappa shape index (κ1) is 31.2. The van der Waals surface area contributed by atoms with Crippen LogP contribution in [0.1, 0.15) is 0 Å². The van der Waals surface area contributed by atoms with E-state index in [1.165, 1.54) is 31.3 Å². The Bertz CT molecular complexity index is 3480. The van der Waals surface area contributed by atoms with E-state index in [9.17, 15) is 0 Å². The quantitative estimate of drug-likeness (QED) is 0.176. The van der Waals surface area contributed by atoms with Crippen LogP contribution >= 0.6 is 11.3 Å². The van der Waals surface area contributed by atoms with Crippen LogP contribution in [0.15, 0.2) is 197 Å². The molecule has 0 bridgehead atoms. The van der Waals surface area contributed by atoms with E-state index in [-0.39, 0.29) is 0 Å². The molecule has 3 nitrogen and oxygen atoms in total. The molecular weight excluding hydrogens is 703 g/mol. The second-order valence-corrected chi connectivity index (χ2v) is 15.4. The lowest BCUT2D eigenvalue weighted by molar-refractivity contribution is 0.669. The summed E-state index contributed by atoms with van der Waals surface area (Å²) in [6.45, 7) is 0. The van der Waals surface area contributed by atoms with Crippen molar-refractivity contribution in [2.75, 3.05) is 4.90 Å². The summed E-state index contributed by atoms with van der Waals surface area (Å²) in [6.07, 6.45) is 0. The van der Waals surface area contributed by atoms with E-state index in [2.05, 4.69) is 181 Å². The van der Waals surface area contributed by atoms with Crippen LogP contribution in [0.5, 0.6) is 0 Å². The molecule has 0 amide bonds. The van der Waals surface area contributed by atoms with Crippen molar-refractivity contribution in [2.24, 2.45) is 0 Å². The summed E-state index contributed by atoms with van der Waals surface area (Å²) < 4.78 is 15.9. The van der Waals surface area contributed by atoms with Crippen molar-refractivity contribution in [3.63, 3.8) is 0 Å². The number of hydrogen-bond donors (Lipinski definition) is 0. The Kier molecular flexibility index (Phi) is 6.80. The number of thiophene rings is 1. The number of furan rings is 2. The first-order valence-corrected chi connectivity index (χ1v) is 19.7. The van der Waals surface area contributed by atoms with E-state index in [0.717, 1.165) is 82.8 Å². The van der Waals surface area contributed by atoms with Gasteiger partial charge in [-0.15, -0.1) is 11.3 Å². The summed E-state index contributed by atoms with van der Waals surface area (Å²) in [4.78, 5) is 2.45. The molecule has 9 aromatic carbocycles. The van der Waals surface area contributed by atoms with Crippen molar-refractivity contribution in [2.45, 2.75) is 0 Å². The van der Waals surface area contributed by atoms with Crippen molar-refractivity contribution in [1.29, 1.82) is 0 Å². The minimum absolute atomic E-state index is 0.868. The Morgan fingerprint density at radius 2 is 1.00 bits per heavy atom. The zero-order valence-corrected chi connectivity index (χ0v) is 30.9. The number of nitrogens with zero attached hydrogens (tertiary/aromatic N) is 1. The molecule has 0 saturated carbocycles. The minimum atomic E-state index is 0.868. The fraction of sp³-hybridized carbons (Fsp3) is 0. The van der Waals surface area contributed by atoms with Gasteiger partial charge in [-0.25, -0.2) is 0 Å². The Balaban J connectivity index is 1.14. The lowest BCUT2D eigenvalue weighted by atomic mass is 9.97. The Labute approximate surface area is 325 Å². The zero-order chi connectivity index (χ0) is 36.7. The van der Waals surface area contributed by atoms with Crippen molar-refractivity contribution in [1.82, 2.24) is 0 Å². The molecule has 12 rings (SSSR count). The molecule has 0 spiro atoms. The maximum Gasteiger partial charge on any atom is 0.143 e. The van der Waals surface area contributed by atoms with Gasteiger partial charge in [0.15, 0.2) is 0 Å². The molecule has 0 aliphatic heterocycles. The van der Waals surface area contributed by atoms with Gasteiger partial charge in [0.1, 0.15) is 22.3 Å². The largest absolute Gasteiger partial charge is 0.456 e. The van der Waals surface area contributed by atoms with Gasteiger partial charge in [-0.1, -0.05) is 146 Å². The van der Waals surface area contributed by atoms with Crippen LogP contribution in [0.4, 0.5) is 17.1 Å². The van der Waals surface area contributed by atoms with E-state index in [0.29, 0.717) is 0 Å². The van der Waals surface area contributed by atoms with Gasteiger partial charge in [-0.3, -0.25) is 0 Å². The third-order valence-electron chi connectivity index (χ3n) is 11.3. The predicted octanol–water partition coefficient (Wildman–Crippen LogP) is 15.8. The van der Waals surface area contributed by atoms with Gasteiger partial charge in [0.25, 0.3) is 0 Å². The molecule has 0 radical (unpaired) electrons. The molecule has 0 aliphatic rings. The van der Waals surface area contributed by atoms with E-state index in [1.807, 2.05) is 23.5 Å². The number of hydrogen-bond acceptors (Lipinski definition) is 4. The average molecular weight is 734 g/mol. The predicted molar refractivity (Wildman–Crippen MR) is 237 cm³/mol. The normalized spacial score (nSPS) is 11.9. The third kappa shape index (κ3) is 4.63. The molecule has 3 heterocycles. The highest BCUT2D eigenvalue weighted by atomic mass is 32.1. The molecule has 262 valence electrons. The standard InChI is InChI=1S/C52H31NO2S/c1-2-13-32(14-3-1)33-27-29-34(30-28-33)53(44-23-11-22-41-36-16-7-9-26-48(36)56-52(41)44)45-31-43-40-21-10-20-39(50(40)55-51(43)38-17-5-4-15-35(38)45)37-19-12-25-47-49(37)42-18-6-8-24-46(42)54-47/h1-31H. The van der Waals surface area contributed by atoms with Gasteiger partial charge < -0.3 is 13.7 Å². The van der Waals surface area contributed by atoms with Crippen molar-refractivity contribution >= 4 is 103 Å². The SMILES string of the molecule is c1ccc(-c2ccc(N(c3cc4c5cccc(-c6cccc7oc8ccccc8c67)c5oc4c4ccccc34)c3cccc4c3sc3ccccc34)cc2)cc1. The van der Waals surface area contributed by atoms with Crippen LogP contribution in [0.2, 0.25) is 0 Å². The fourth-order valence-corrected chi connectivity index (χ4v) is 9.95. The summed E-state index contributed by atoms with van der Waals surface area (Å²) >= 11 is 1.85. The molecule has 56 heavy (non-hydrogen) atoms. The summed E-state index contributed by atoms with van der Waals surface area (Å²) in [6, 6.07) is 67.2. The maximum atomic E-state index is 7.06. The van der Waals surface area contributed by atoms with Gasteiger partial charge >= 0.3 is 0 Å². The fourth-order valence-electron chi connectivity index (χ4n) is 8.75. The molecule has 0 aliphatic carbocycles. The highest BCUT2D eigenvalue weighted by Gasteiger charge is 2.24. The van der Waals surface area contributed by atoms with Gasteiger partial charge in [0.2, 0.25) is 0 Å². The lowest BCUT2D eigenvalue weighted by Crippen LogP contribution is -2.10. The van der Waals surface area contributed by atoms with Gasteiger partial charge in [0.05, 0.1) is 16.1 Å². The Morgan fingerprint density at radius 3 is 1.88 bits per heavy atom. The minimum Gasteiger partial charge on any atom is -0.456 e. The molecule has 0 N–H and O–H groups in total. The number of fused-ring (bicyclic) bond motifs is 11. The maximum absolute atomic E-state index is 7.06. The Hall–Kier alpha value is -7.14. The molecule has 4 heteroatoms. The molecule has 0 atom stereocenters. The highest BCUT2D eigenvalue weighted by Crippen LogP contribution is 2.50. The van der Waals surface area contributed by atoms with Crippen LogP contribution in [0.3, 0.4) is 0 Å². The molecule has 0 unspecified atom stereocenters. The third-order valence-corrected chi connectivity index (χ3v) is 12.5. The van der Waals surface area contributed by atoms with Crippen molar-refractivity contribution < 1.29 is 8.83 Å². The van der Waals surface area contributed by atoms with E-state index in [4.69, 9.17) is 8.83 Å². The summed E-state index contributed by atoms with van der Waals surface area (Å²) in [5.41, 5.74) is 11.4. The number of anilines is 3. The van der Waals surface area contributed by atoms with Gasteiger partial charge in [-0.2, -0.15) is 0 Å². The van der Waals surface area contributed by atoms with Crippen LogP contribution in [-0.4, -0.2) is 0 Å². The monoisotopic (exact) mass is 733 g/mol. The Morgan fingerprint density at radius 1 is 0.375 bits per heavy atom. The van der Waals surface area contributed by atoms with Crippen LogP contribution in [0, 0.1) is 0 Å². The number of para-hydroxylation sites is 2. The van der Waals surface area contributed by atoms with Crippen LogP contribution in [-0.2, 0) is 0 Å². The second kappa shape index (κ2) is 12.2. The average Bonchev–Trinajstić information content (AvgIpc) is 3.96. The molecule has 3 aromatic heterocycles. The topological polar surface area (TPSA) is 29.5 Å². The molecule has 0 saturated heterocycles. The first-order chi connectivity index (χ1) is 27.8. The molecular formula is C52H31NO2S. The number of benzene rings is 9. The second-order valence-electron chi connectivity index (χ2n) is 14.4. The van der Waals surface area contributed by atoms with E-state index in [1.54, 1.807) is 0 Å². The number of rotatable bonds is 5. The zero-order valence-electron chi connectivity index (χ0n) is 30.1. The van der Waals surface area contributed by atoms with Gasteiger partial charge in [0, 0.05) is 59.0 Å². The highest BCUT2D eigenvalue weighted by molar-refractivity contribution is 7.26. The van der Waals surface area contributed by atoms with Crippen molar-refractivity contribution in [3.8, 4) is 22.3 Å². The summed E-state index contributed by atoms with van der Waals surface area (Å²) in [5, 5.41) is 9.09. The van der Waals surface area contributed by atoms with Crippen molar-refractivity contribution in [3.05, 3.63) is 188 Å². The first-order valence-electron chi connectivity index (χ1n) is 18.9. The molecule has 0 fully saturated rings. The van der Waals surface area contributed by atoms with E-state index < -0.39 is 0 Å². The molecule has 12 aromatic rings. The lowest BCUT2D eigenvalue weighted by Gasteiger charge is -2.28.